The predicted molar refractivity (Wildman–Crippen MR) is 55.3 cm³/mol. The van der Waals surface area contributed by atoms with Crippen LogP contribution in [0.25, 0.3) is 0 Å². The maximum Gasteiger partial charge on any atom is 0.115 e. The van der Waals surface area contributed by atoms with E-state index in [1.54, 1.807) is 12.2 Å². The van der Waals surface area contributed by atoms with Gasteiger partial charge in [-0.3, -0.25) is 0 Å². The Morgan fingerprint density at radius 2 is 2.27 bits per heavy atom. The molecule has 15 heavy (non-hydrogen) atoms. The van der Waals surface area contributed by atoms with Gasteiger partial charge in [0.15, 0.2) is 0 Å². The van der Waals surface area contributed by atoms with Crippen molar-refractivity contribution in [1.29, 1.82) is 0 Å². The number of aliphatic hydroxyl groups excluding tert-OH is 2. The Hall–Kier alpha value is -1.06. The Kier molecular flexibility index (Phi) is 1.97. The van der Waals surface area contributed by atoms with Gasteiger partial charge >= 0.3 is 0 Å². The van der Waals surface area contributed by atoms with Crippen molar-refractivity contribution in [1.82, 2.24) is 0 Å². The normalized spacial score (nSPS) is 38.7. The molecule has 3 rings (SSSR count). The van der Waals surface area contributed by atoms with Gasteiger partial charge in [-0.1, -0.05) is 5.57 Å². The molecule has 0 aromatic carbocycles. The van der Waals surface area contributed by atoms with Gasteiger partial charge in [0, 0.05) is 5.92 Å². The smallest absolute Gasteiger partial charge is 0.115 e. The van der Waals surface area contributed by atoms with E-state index in [0.29, 0.717) is 12.5 Å². The van der Waals surface area contributed by atoms with Crippen LogP contribution in [-0.2, 0) is 4.74 Å². The van der Waals surface area contributed by atoms with Crippen molar-refractivity contribution < 1.29 is 14.9 Å². The molecule has 0 spiro atoms. The van der Waals surface area contributed by atoms with Crippen molar-refractivity contribution in [3.05, 3.63) is 35.1 Å². The highest BCUT2D eigenvalue weighted by Gasteiger charge is 2.36. The summed E-state index contributed by atoms with van der Waals surface area (Å²) in [5, 5.41) is 19.1. The van der Waals surface area contributed by atoms with Gasteiger partial charge in [-0.15, -0.1) is 0 Å². The van der Waals surface area contributed by atoms with E-state index in [0.717, 1.165) is 18.4 Å². The highest BCUT2D eigenvalue weighted by molar-refractivity contribution is 5.44. The van der Waals surface area contributed by atoms with Gasteiger partial charge in [-0.25, -0.2) is 0 Å². The highest BCUT2D eigenvalue weighted by atomic mass is 16.5. The highest BCUT2D eigenvalue weighted by Crippen LogP contribution is 2.40. The number of fused-ring (bicyclic) bond motifs is 2. The minimum Gasteiger partial charge on any atom is -0.508 e. The minimum absolute atomic E-state index is 0.0163. The monoisotopic (exact) mass is 206 g/mol. The molecular weight excluding hydrogens is 192 g/mol. The second kappa shape index (κ2) is 3.22. The third kappa shape index (κ3) is 1.43. The molecule has 0 bridgehead atoms. The van der Waals surface area contributed by atoms with Gasteiger partial charge < -0.3 is 14.9 Å². The maximum atomic E-state index is 9.63. The summed E-state index contributed by atoms with van der Waals surface area (Å²) in [6.45, 7) is 0.694. The fraction of sp³-hybridized carbons (Fsp3) is 0.500. The molecule has 1 fully saturated rings. The Morgan fingerprint density at radius 1 is 1.40 bits per heavy atom. The summed E-state index contributed by atoms with van der Waals surface area (Å²) in [6, 6.07) is 0. The van der Waals surface area contributed by atoms with Crippen LogP contribution in [0.4, 0.5) is 0 Å². The minimum atomic E-state index is -0.235. The summed E-state index contributed by atoms with van der Waals surface area (Å²) >= 11 is 0. The van der Waals surface area contributed by atoms with Crippen LogP contribution < -0.4 is 0 Å². The van der Waals surface area contributed by atoms with Gasteiger partial charge in [0.2, 0.25) is 0 Å². The Morgan fingerprint density at radius 3 is 3.13 bits per heavy atom. The number of rotatable bonds is 0. The molecule has 0 aromatic heterocycles. The number of ether oxygens (including phenoxy) is 1. The zero-order valence-corrected chi connectivity index (χ0v) is 8.39. The van der Waals surface area contributed by atoms with Crippen LogP contribution in [0.1, 0.15) is 12.8 Å². The Labute approximate surface area is 88.4 Å². The number of hydrogen-bond donors (Lipinski definition) is 2. The average molecular weight is 206 g/mol. The summed E-state index contributed by atoms with van der Waals surface area (Å²) in [6.07, 6.45) is 6.59. The molecule has 1 saturated carbocycles. The third-order valence-electron chi connectivity index (χ3n) is 3.40. The molecule has 3 unspecified atom stereocenters. The van der Waals surface area contributed by atoms with Gasteiger partial charge in [0.25, 0.3) is 0 Å². The first-order chi connectivity index (χ1) is 7.24. The van der Waals surface area contributed by atoms with E-state index >= 15 is 0 Å². The van der Waals surface area contributed by atoms with E-state index < -0.39 is 0 Å². The van der Waals surface area contributed by atoms with Crippen LogP contribution in [0, 0.1) is 5.92 Å². The molecule has 2 N–H and O–H groups in total. The molecular formula is C12H14O3. The molecule has 0 saturated heterocycles. The van der Waals surface area contributed by atoms with E-state index in [-0.39, 0.29) is 18.0 Å². The standard InChI is InChI=1S/C12H14O3/c13-8-1-2-12-11(4-8)10-5-9(14)3-7(10)6-15-12/h1-2,4,7,9,12-14H,3,5-6H2. The van der Waals surface area contributed by atoms with E-state index in [9.17, 15) is 10.2 Å². The molecule has 3 heteroatoms. The lowest BCUT2D eigenvalue weighted by Crippen LogP contribution is -2.26. The van der Waals surface area contributed by atoms with Crippen molar-refractivity contribution in [2.45, 2.75) is 25.0 Å². The van der Waals surface area contributed by atoms with Crippen molar-refractivity contribution in [2.24, 2.45) is 5.92 Å². The lowest BCUT2D eigenvalue weighted by atomic mass is 9.89. The number of aliphatic hydroxyl groups is 2. The van der Waals surface area contributed by atoms with Crippen LogP contribution >= 0.6 is 0 Å². The quantitative estimate of drug-likeness (QED) is 0.631. The molecule has 0 aromatic rings. The first kappa shape index (κ1) is 9.19. The summed E-state index contributed by atoms with van der Waals surface area (Å²) in [7, 11) is 0. The predicted octanol–water partition coefficient (Wildman–Crippen LogP) is 1.46. The maximum absolute atomic E-state index is 9.63. The Balaban J connectivity index is 2.04. The number of allylic oxidation sites excluding steroid dienone is 1. The van der Waals surface area contributed by atoms with Crippen LogP contribution in [0.5, 0.6) is 0 Å². The van der Waals surface area contributed by atoms with Crippen molar-refractivity contribution in [3.63, 3.8) is 0 Å². The molecule has 3 atom stereocenters. The summed E-state index contributed by atoms with van der Waals surface area (Å²) in [5.74, 6) is 0.626. The second-order valence-corrected chi connectivity index (χ2v) is 4.45. The van der Waals surface area contributed by atoms with Crippen molar-refractivity contribution >= 4 is 0 Å². The summed E-state index contributed by atoms with van der Waals surface area (Å²) < 4.78 is 5.68. The van der Waals surface area contributed by atoms with Crippen molar-refractivity contribution in [3.8, 4) is 0 Å². The Bertz CT molecular complexity index is 378. The molecule has 0 amide bonds. The fourth-order valence-corrected chi connectivity index (χ4v) is 2.72. The topological polar surface area (TPSA) is 49.7 Å². The summed E-state index contributed by atoms with van der Waals surface area (Å²) in [5.41, 5.74) is 2.33. The van der Waals surface area contributed by atoms with Crippen LogP contribution in [0.15, 0.2) is 35.1 Å². The lowest BCUT2D eigenvalue weighted by molar-refractivity contribution is 0.0674. The van der Waals surface area contributed by atoms with Crippen LogP contribution in [0.2, 0.25) is 0 Å². The van der Waals surface area contributed by atoms with Crippen LogP contribution in [-0.4, -0.2) is 29.0 Å². The zero-order valence-electron chi connectivity index (χ0n) is 8.39. The largest absolute Gasteiger partial charge is 0.508 e. The number of hydrogen-bond acceptors (Lipinski definition) is 3. The molecule has 1 heterocycles. The summed E-state index contributed by atoms with van der Waals surface area (Å²) in [4.78, 5) is 0. The molecule has 0 radical (unpaired) electrons. The molecule has 80 valence electrons. The van der Waals surface area contributed by atoms with E-state index in [1.807, 2.05) is 6.08 Å². The van der Waals surface area contributed by atoms with E-state index in [4.69, 9.17) is 4.74 Å². The van der Waals surface area contributed by atoms with Gasteiger partial charge in [-0.05, 0) is 36.6 Å². The third-order valence-corrected chi connectivity index (χ3v) is 3.40. The lowest BCUT2D eigenvalue weighted by Gasteiger charge is -2.29. The molecule has 3 nitrogen and oxygen atoms in total. The first-order valence-electron chi connectivity index (χ1n) is 5.35. The average Bonchev–Trinajstić information content (AvgIpc) is 2.58. The second-order valence-electron chi connectivity index (χ2n) is 4.45. The SMILES string of the molecule is OC1=CC2=C3CC(O)CC3COC2C=C1. The van der Waals surface area contributed by atoms with Gasteiger partial charge in [-0.2, -0.15) is 0 Å². The fourth-order valence-electron chi connectivity index (χ4n) is 2.72. The van der Waals surface area contributed by atoms with E-state index in [1.165, 1.54) is 5.57 Å². The molecule has 3 aliphatic rings. The first-order valence-corrected chi connectivity index (χ1v) is 5.35. The zero-order chi connectivity index (χ0) is 10.4. The van der Waals surface area contributed by atoms with Crippen molar-refractivity contribution in [2.75, 3.05) is 6.61 Å². The van der Waals surface area contributed by atoms with E-state index in [2.05, 4.69) is 0 Å². The molecule has 2 aliphatic carbocycles. The molecule has 1 aliphatic heterocycles. The van der Waals surface area contributed by atoms with Crippen LogP contribution in [0.3, 0.4) is 0 Å². The van der Waals surface area contributed by atoms with Gasteiger partial charge in [0.05, 0.1) is 12.7 Å². The van der Waals surface area contributed by atoms with Gasteiger partial charge in [0.1, 0.15) is 11.9 Å².